The van der Waals surface area contributed by atoms with E-state index in [1.807, 2.05) is 26.8 Å². The zero-order valence-electron chi connectivity index (χ0n) is 38.6. The van der Waals surface area contributed by atoms with E-state index in [1.165, 1.54) is 0 Å². The summed E-state index contributed by atoms with van der Waals surface area (Å²) in [4.78, 5) is 22.7. The van der Waals surface area contributed by atoms with Gasteiger partial charge >= 0.3 is 12.3 Å². The molecule has 0 unspecified atom stereocenters. The van der Waals surface area contributed by atoms with Gasteiger partial charge in [0.25, 0.3) is 0 Å². The van der Waals surface area contributed by atoms with Crippen LogP contribution in [-0.2, 0) is 43.4 Å². The van der Waals surface area contributed by atoms with E-state index in [-0.39, 0.29) is 66.1 Å². The van der Waals surface area contributed by atoms with Crippen LogP contribution in [0.1, 0.15) is 94.4 Å². The molecule has 4 N–H and O–H groups in total. The summed E-state index contributed by atoms with van der Waals surface area (Å²) >= 11 is 0. The number of hydrogen-bond donors (Lipinski definition) is 3. The molecule has 16 heteroatoms. The lowest BCUT2D eigenvalue weighted by molar-refractivity contribution is -0.0294. The van der Waals surface area contributed by atoms with Gasteiger partial charge in [0, 0.05) is 24.8 Å². The Morgan fingerprint density at radius 2 is 1.03 bits per heavy atom. The molecule has 2 aromatic rings. The van der Waals surface area contributed by atoms with Gasteiger partial charge in [0.2, 0.25) is 0 Å². The van der Waals surface area contributed by atoms with Crippen molar-refractivity contribution in [3.8, 4) is 0 Å². The van der Waals surface area contributed by atoms with Gasteiger partial charge in [-0.3, -0.25) is 0 Å². The minimum atomic E-state index is -3.39. The van der Waals surface area contributed by atoms with Gasteiger partial charge in [-0.05, 0) is 103 Å². The van der Waals surface area contributed by atoms with E-state index in [9.17, 15) is 36.6 Å². The molecule has 2 heterocycles. The van der Waals surface area contributed by atoms with Gasteiger partial charge in [-0.2, -0.15) is 0 Å². The molecule has 2 saturated heterocycles. The maximum atomic E-state index is 12.7. The Hall–Kier alpha value is -3.64. The maximum Gasteiger partial charge on any atom is 0.519 e. The van der Waals surface area contributed by atoms with Crippen molar-refractivity contribution in [3.05, 3.63) is 86.0 Å². The van der Waals surface area contributed by atoms with Crippen molar-refractivity contribution in [2.24, 2.45) is 29.4 Å². The molecule has 0 radical (unpaired) electrons. The van der Waals surface area contributed by atoms with Gasteiger partial charge in [-0.1, -0.05) is 69.3 Å². The first-order chi connectivity index (χ1) is 29.3. The van der Waals surface area contributed by atoms with Crippen molar-refractivity contribution in [3.63, 3.8) is 0 Å². The average Bonchev–Trinajstić information content (AvgIpc) is 3.63. The summed E-state index contributed by atoms with van der Waals surface area (Å²) in [7, 11) is -6.75. The third-order valence-corrected chi connectivity index (χ3v) is 14.3. The Kier molecular flexibility index (Phi) is 22.2. The van der Waals surface area contributed by atoms with E-state index < -0.39 is 55.4 Å². The summed E-state index contributed by atoms with van der Waals surface area (Å²) in [5.41, 5.74) is 4.09. The Morgan fingerprint density at radius 1 is 0.683 bits per heavy atom. The minimum absolute atomic E-state index is 0.0228. The fraction of sp³-hybridized carbons (Fsp3) is 0.617. The molecule has 0 bridgehead atoms. The Labute approximate surface area is 376 Å². The van der Waals surface area contributed by atoms with Crippen molar-refractivity contribution in [1.29, 1.82) is 0 Å². The van der Waals surface area contributed by atoms with Gasteiger partial charge in [-0.25, -0.2) is 26.4 Å². The molecule has 0 aromatic heterocycles. The molecule has 0 saturated carbocycles. The van der Waals surface area contributed by atoms with E-state index in [0.29, 0.717) is 41.9 Å². The summed E-state index contributed by atoms with van der Waals surface area (Å²) in [6.07, 6.45) is 2.56. The summed E-state index contributed by atoms with van der Waals surface area (Å²) in [6, 6.07) is 17.0. The monoisotopic (exact) mass is 923 g/mol. The molecule has 356 valence electrons. The fourth-order valence-electron chi connectivity index (χ4n) is 7.34. The smallest absolute Gasteiger partial charge is 0.428 e. The number of carbonyl (C=O) groups is 2. The lowest BCUT2D eigenvalue weighted by Gasteiger charge is -2.21. The number of aliphatic hydroxyl groups is 2. The molecule has 4 rings (SSSR count). The quantitative estimate of drug-likeness (QED) is 0.0831. The van der Waals surface area contributed by atoms with Gasteiger partial charge in [0.15, 0.2) is 19.7 Å². The number of benzene rings is 2. The molecule has 0 amide bonds. The number of sulfone groups is 2. The summed E-state index contributed by atoms with van der Waals surface area (Å²) in [5.74, 6) is -0.0314. The normalized spacial score (nSPS) is 24.6. The van der Waals surface area contributed by atoms with E-state index in [2.05, 4.69) is 17.9 Å². The van der Waals surface area contributed by atoms with Crippen LogP contribution < -0.4 is 5.73 Å². The van der Waals surface area contributed by atoms with E-state index in [0.717, 1.165) is 0 Å². The standard InChI is InChI=1S/C19H28O4S.C18H27NO4S.C10H18O5/c1-4-9-18-17(14(3)19(23-18)12-15(20)5-2)13-24(21,22)16-10-7-6-8-11-16;1-3-7-17-16(13(2)18(23-17)10-14(20)11-19)12-24(21,22)15-8-5-4-6-9-15;1-9(2,3)14-7(11)13-8(12)15-10(4,5)6/h4,6-8,10-11,14-15,17-20H,1,5,9,12-13H2,2-3H3;3-6,8-9,13-14,16-18,20H,1,7,10-12,19H2,2H3;1-6H3/t14-,15-,17-,18+,19-;13-,14+,16-,17+,18-;/m11./s1. The number of rotatable bonds is 16. The highest BCUT2D eigenvalue weighted by Crippen LogP contribution is 2.40. The molecule has 0 aliphatic carbocycles. The van der Waals surface area contributed by atoms with Crippen molar-refractivity contribution < 1.29 is 60.3 Å². The van der Waals surface area contributed by atoms with Crippen molar-refractivity contribution in [1.82, 2.24) is 0 Å². The van der Waals surface area contributed by atoms with E-state index in [1.54, 1.807) is 108 Å². The zero-order valence-corrected chi connectivity index (χ0v) is 40.2. The predicted molar refractivity (Wildman–Crippen MR) is 243 cm³/mol. The van der Waals surface area contributed by atoms with Gasteiger partial charge in [0.1, 0.15) is 11.2 Å². The number of ether oxygens (including phenoxy) is 5. The molecular weight excluding hydrogens is 851 g/mol. The van der Waals surface area contributed by atoms with E-state index in [4.69, 9.17) is 24.7 Å². The maximum absolute atomic E-state index is 12.7. The van der Waals surface area contributed by atoms with Crippen LogP contribution in [0.15, 0.2) is 95.8 Å². The van der Waals surface area contributed by atoms with Gasteiger partial charge in [-0.15, -0.1) is 13.2 Å². The molecule has 2 fully saturated rings. The summed E-state index contributed by atoms with van der Waals surface area (Å²) in [5, 5.41) is 19.7. The number of carbonyl (C=O) groups excluding carboxylic acids is 2. The van der Waals surface area contributed by atoms with Crippen molar-refractivity contribution in [2.75, 3.05) is 18.1 Å². The molecule has 14 nitrogen and oxygen atoms in total. The second kappa shape index (κ2) is 25.2. The minimum Gasteiger partial charge on any atom is -0.428 e. The average molecular weight is 924 g/mol. The third kappa shape index (κ3) is 19.2. The first-order valence-corrected chi connectivity index (χ1v) is 24.9. The Bertz CT molecular complexity index is 1790. The fourth-order valence-corrected chi connectivity index (χ4v) is 10.9. The van der Waals surface area contributed by atoms with Crippen LogP contribution in [0.25, 0.3) is 0 Å². The lowest BCUT2D eigenvalue weighted by atomic mass is 9.87. The van der Waals surface area contributed by atoms with Crippen LogP contribution in [0.4, 0.5) is 9.59 Å². The topological polar surface area (TPSA) is 215 Å². The van der Waals surface area contributed by atoms with Crippen LogP contribution in [0.5, 0.6) is 0 Å². The molecule has 2 aromatic carbocycles. The van der Waals surface area contributed by atoms with Crippen LogP contribution >= 0.6 is 0 Å². The summed E-state index contributed by atoms with van der Waals surface area (Å²) < 4.78 is 76.8. The highest BCUT2D eigenvalue weighted by molar-refractivity contribution is 7.91. The van der Waals surface area contributed by atoms with Gasteiger partial charge in [0.05, 0.1) is 57.9 Å². The largest absolute Gasteiger partial charge is 0.519 e. The third-order valence-electron chi connectivity index (χ3n) is 10.7. The van der Waals surface area contributed by atoms with Crippen LogP contribution in [0.2, 0.25) is 0 Å². The molecule has 2 aliphatic heterocycles. The molecule has 0 spiro atoms. The highest BCUT2D eigenvalue weighted by Gasteiger charge is 2.45. The second-order valence-corrected chi connectivity index (χ2v) is 22.2. The Balaban J connectivity index is 0.000000336. The zero-order chi connectivity index (χ0) is 47.8. The molecule has 2 aliphatic rings. The summed E-state index contributed by atoms with van der Waals surface area (Å²) in [6.45, 7) is 23.6. The van der Waals surface area contributed by atoms with Crippen LogP contribution in [0, 0.1) is 23.7 Å². The van der Waals surface area contributed by atoms with Gasteiger partial charge < -0.3 is 39.6 Å². The number of aliphatic hydroxyl groups excluding tert-OH is 2. The second-order valence-electron chi connectivity index (χ2n) is 18.2. The van der Waals surface area contributed by atoms with Crippen molar-refractivity contribution in [2.45, 2.75) is 152 Å². The molecular formula is C47H73NO13S2. The first kappa shape index (κ1) is 55.5. The lowest BCUT2D eigenvalue weighted by Crippen LogP contribution is -2.30. The highest BCUT2D eigenvalue weighted by atomic mass is 32.2. The number of nitrogens with two attached hydrogens (primary N) is 1. The predicted octanol–water partition coefficient (Wildman–Crippen LogP) is 7.86. The number of hydrogen-bond acceptors (Lipinski definition) is 14. The molecule has 10 atom stereocenters. The Morgan fingerprint density at radius 3 is 1.33 bits per heavy atom. The van der Waals surface area contributed by atoms with Crippen LogP contribution in [0.3, 0.4) is 0 Å². The van der Waals surface area contributed by atoms with Crippen LogP contribution in [-0.4, -0.2) is 105 Å². The van der Waals surface area contributed by atoms with E-state index >= 15 is 0 Å². The van der Waals surface area contributed by atoms with Crippen molar-refractivity contribution >= 4 is 32.0 Å². The SMILES string of the molecule is C=CC[C@@H]1O[C@H](C[C@H](O)CC)[C@H](C)[C@H]1CS(=O)(=O)c1ccccc1.C=CC[C@@H]1O[C@H](C[C@H](O)CN)[C@H](C)[C@H]1CS(=O)(=O)c1ccccc1.CC(C)(C)OC(=O)OC(=O)OC(C)(C)C. The molecule has 63 heavy (non-hydrogen) atoms. The first-order valence-electron chi connectivity index (χ1n) is 21.6.